The molecule has 0 amide bonds. The quantitative estimate of drug-likeness (QED) is 0.887. The number of rotatable bonds is 3. The largest absolute Gasteiger partial charge is 0.339 e. The normalized spacial score (nSPS) is 16.9. The molecule has 0 radical (unpaired) electrons. The van der Waals surface area contributed by atoms with Crippen LogP contribution in [0.3, 0.4) is 0 Å². The summed E-state index contributed by atoms with van der Waals surface area (Å²) < 4.78 is 5.36. The van der Waals surface area contributed by atoms with Crippen molar-refractivity contribution in [3.63, 3.8) is 0 Å². The molecule has 0 aromatic carbocycles. The molecule has 1 fully saturated rings. The Balaban J connectivity index is 1.69. The van der Waals surface area contributed by atoms with Crippen LogP contribution in [0.4, 0.5) is 0 Å². The number of aromatic nitrogens is 3. The molecule has 5 nitrogen and oxygen atoms in total. The SMILES string of the molecule is c1ccc(Cc2noc(C3CCNCC3)n2)nc1. The van der Waals surface area contributed by atoms with Crippen molar-refractivity contribution in [1.82, 2.24) is 20.4 Å². The summed E-state index contributed by atoms with van der Waals surface area (Å²) in [5.41, 5.74) is 0.968. The molecule has 0 bridgehead atoms. The van der Waals surface area contributed by atoms with Crippen molar-refractivity contribution in [2.45, 2.75) is 25.2 Å². The van der Waals surface area contributed by atoms with Crippen LogP contribution in [0.15, 0.2) is 28.9 Å². The highest BCUT2D eigenvalue weighted by molar-refractivity contribution is 5.09. The van der Waals surface area contributed by atoms with E-state index in [4.69, 9.17) is 4.52 Å². The Hall–Kier alpha value is -1.75. The van der Waals surface area contributed by atoms with Gasteiger partial charge < -0.3 is 9.84 Å². The second-order valence-electron chi connectivity index (χ2n) is 4.57. The molecule has 94 valence electrons. The zero-order valence-electron chi connectivity index (χ0n) is 10.2. The molecule has 0 aliphatic carbocycles. The van der Waals surface area contributed by atoms with E-state index in [2.05, 4.69) is 20.4 Å². The van der Waals surface area contributed by atoms with Crippen molar-refractivity contribution >= 4 is 0 Å². The molecular weight excluding hydrogens is 228 g/mol. The topological polar surface area (TPSA) is 63.8 Å². The number of pyridine rings is 1. The zero-order valence-corrected chi connectivity index (χ0v) is 10.2. The summed E-state index contributed by atoms with van der Waals surface area (Å²) in [5.74, 6) is 1.92. The van der Waals surface area contributed by atoms with Gasteiger partial charge in [-0.3, -0.25) is 4.98 Å². The van der Waals surface area contributed by atoms with E-state index in [1.807, 2.05) is 18.2 Å². The Morgan fingerprint density at radius 2 is 2.17 bits per heavy atom. The van der Waals surface area contributed by atoms with E-state index in [1.165, 1.54) is 0 Å². The van der Waals surface area contributed by atoms with Crippen molar-refractivity contribution in [2.75, 3.05) is 13.1 Å². The van der Waals surface area contributed by atoms with Gasteiger partial charge in [-0.25, -0.2) is 0 Å². The van der Waals surface area contributed by atoms with Gasteiger partial charge >= 0.3 is 0 Å². The Kier molecular flexibility index (Phi) is 3.32. The van der Waals surface area contributed by atoms with Gasteiger partial charge in [0.05, 0.1) is 6.42 Å². The van der Waals surface area contributed by atoms with Gasteiger partial charge in [0.1, 0.15) is 0 Å². The molecule has 1 N–H and O–H groups in total. The first-order valence-electron chi connectivity index (χ1n) is 6.35. The Bertz CT molecular complexity index is 491. The Morgan fingerprint density at radius 1 is 1.28 bits per heavy atom. The number of hydrogen-bond acceptors (Lipinski definition) is 5. The van der Waals surface area contributed by atoms with Crippen LogP contribution in [0.5, 0.6) is 0 Å². The van der Waals surface area contributed by atoms with Crippen LogP contribution in [0.25, 0.3) is 0 Å². The van der Waals surface area contributed by atoms with Gasteiger partial charge in [0, 0.05) is 17.8 Å². The minimum Gasteiger partial charge on any atom is -0.339 e. The maximum absolute atomic E-state index is 5.36. The molecule has 0 saturated carbocycles. The fourth-order valence-corrected chi connectivity index (χ4v) is 2.24. The van der Waals surface area contributed by atoms with Crippen LogP contribution in [0.1, 0.15) is 36.2 Å². The predicted octanol–water partition coefficient (Wildman–Crippen LogP) is 1.52. The van der Waals surface area contributed by atoms with Crippen LogP contribution in [0, 0.1) is 0 Å². The Labute approximate surface area is 106 Å². The fourth-order valence-electron chi connectivity index (χ4n) is 2.24. The fraction of sp³-hybridized carbons (Fsp3) is 0.462. The van der Waals surface area contributed by atoms with Gasteiger partial charge in [-0.1, -0.05) is 11.2 Å². The summed E-state index contributed by atoms with van der Waals surface area (Å²) in [6.07, 6.45) is 4.56. The minimum atomic E-state index is 0.413. The van der Waals surface area contributed by atoms with Crippen molar-refractivity contribution < 1.29 is 4.52 Å². The lowest BCUT2D eigenvalue weighted by Crippen LogP contribution is -2.26. The van der Waals surface area contributed by atoms with E-state index in [-0.39, 0.29) is 0 Å². The first-order chi connectivity index (χ1) is 8.92. The molecule has 5 heteroatoms. The predicted molar refractivity (Wildman–Crippen MR) is 66.2 cm³/mol. The van der Waals surface area contributed by atoms with Crippen LogP contribution in [0.2, 0.25) is 0 Å². The monoisotopic (exact) mass is 244 g/mol. The molecule has 2 aromatic rings. The standard InChI is InChI=1S/C13H16N4O/c1-2-6-15-11(3-1)9-12-16-13(18-17-12)10-4-7-14-8-5-10/h1-3,6,10,14H,4-5,7-9H2. The van der Waals surface area contributed by atoms with E-state index in [9.17, 15) is 0 Å². The van der Waals surface area contributed by atoms with Crippen molar-refractivity contribution in [2.24, 2.45) is 0 Å². The zero-order chi connectivity index (χ0) is 12.2. The average Bonchev–Trinajstić information content (AvgIpc) is 2.89. The molecule has 1 aliphatic rings. The van der Waals surface area contributed by atoms with E-state index in [0.29, 0.717) is 12.3 Å². The molecule has 0 spiro atoms. The van der Waals surface area contributed by atoms with Gasteiger partial charge in [-0.2, -0.15) is 4.98 Å². The maximum atomic E-state index is 5.36. The third-order valence-electron chi connectivity index (χ3n) is 3.24. The van der Waals surface area contributed by atoms with Gasteiger partial charge in [0.15, 0.2) is 5.82 Å². The third kappa shape index (κ3) is 2.56. The molecule has 18 heavy (non-hydrogen) atoms. The number of nitrogens with one attached hydrogen (secondary N) is 1. The number of nitrogens with zero attached hydrogens (tertiary/aromatic N) is 3. The number of piperidine rings is 1. The highest BCUT2D eigenvalue weighted by atomic mass is 16.5. The minimum absolute atomic E-state index is 0.413. The van der Waals surface area contributed by atoms with Gasteiger partial charge in [-0.15, -0.1) is 0 Å². The van der Waals surface area contributed by atoms with Crippen LogP contribution in [-0.4, -0.2) is 28.2 Å². The summed E-state index contributed by atoms with van der Waals surface area (Å²) in [7, 11) is 0. The van der Waals surface area contributed by atoms with Crippen LogP contribution < -0.4 is 5.32 Å². The molecule has 0 unspecified atom stereocenters. The highest BCUT2D eigenvalue weighted by Crippen LogP contribution is 2.23. The number of hydrogen-bond donors (Lipinski definition) is 1. The molecule has 3 rings (SSSR count). The smallest absolute Gasteiger partial charge is 0.229 e. The van der Waals surface area contributed by atoms with Gasteiger partial charge in [0.2, 0.25) is 5.89 Å². The van der Waals surface area contributed by atoms with Crippen molar-refractivity contribution in [1.29, 1.82) is 0 Å². The van der Waals surface area contributed by atoms with Gasteiger partial charge in [0.25, 0.3) is 0 Å². The summed E-state index contributed by atoms with van der Waals surface area (Å²) >= 11 is 0. The van der Waals surface area contributed by atoms with Crippen LogP contribution in [-0.2, 0) is 6.42 Å². The highest BCUT2D eigenvalue weighted by Gasteiger charge is 2.21. The Morgan fingerprint density at radius 3 is 2.94 bits per heavy atom. The van der Waals surface area contributed by atoms with Crippen molar-refractivity contribution in [3.8, 4) is 0 Å². The molecule has 0 atom stereocenters. The van der Waals surface area contributed by atoms with Crippen LogP contribution >= 0.6 is 0 Å². The van der Waals surface area contributed by atoms with Gasteiger partial charge in [-0.05, 0) is 38.1 Å². The molecular formula is C13H16N4O. The summed E-state index contributed by atoms with van der Waals surface area (Å²) in [5, 5.41) is 7.37. The average molecular weight is 244 g/mol. The molecule has 2 aromatic heterocycles. The lowest BCUT2D eigenvalue weighted by molar-refractivity contribution is 0.318. The summed E-state index contributed by atoms with van der Waals surface area (Å²) in [4.78, 5) is 8.75. The molecule has 1 saturated heterocycles. The van der Waals surface area contributed by atoms with Crippen molar-refractivity contribution in [3.05, 3.63) is 41.8 Å². The van der Waals surface area contributed by atoms with E-state index in [0.717, 1.165) is 43.3 Å². The van der Waals surface area contributed by atoms with E-state index < -0.39 is 0 Å². The molecule has 1 aliphatic heterocycles. The maximum Gasteiger partial charge on any atom is 0.229 e. The van der Waals surface area contributed by atoms with E-state index >= 15 is 0 Å². The third-order valence-corrected chi connectivity index (χ3v) is 3.24. The van der Waals surface area contributed by atoms with E-state index in [1.54, 1.807) is 6.20 Å². The second-order valence-corrected chi connectivity index (χ2v) is 4.57. The first-order valence-corrected chi connectivity index (χ1v) is 6.35. The molecule has 3 heterocycles. The summed E-state index contributed by atoms with van der Waals surface area (Å²) in [6, 6.07) is 5.84. The lowest BCUT2D eigenvalue weighted by Gasteiger charge is -2.18. The first kappa shape index (κ1) is 11.3. The summed E-state index contributed by atoms with van der Waals surface area (Å²) in [6.45, 7) is 2.06. The lowest BCUT2D eigenvalue weighted by atomic mass is 9.98. The second kappa shape index (κ2) is 5.27.